The highest BCUT2D eigenvalue weighted by molar-refractivity contribution is 5.95. The molecule has 0 bridgehead atoms. The Morgan fingerprint density at radius 1 is 1.32 bits per heavy atom. The largest absolute Gasteiger partial charge is 0.324 e. The lowest BCUT2D eigenvalue weighted by Gasteiger charge is -2.19. The number of rotatable bonds is 4. The number of carbonyl (C=O) groups excluding carboxylic acids is 1. The number of carbonyl (C=O) groups is 1. The standard InChI is InChI=1S/C19H18N2O/c1-3-13-21(14-7-10-17-8-5-4-6-9-17)19(22)18-15-20-12-11-16(18)2/h3-6,8-9,11-12,15H,1,13-14H2,2H3. The van der Waals surface area contributed by atoms with E-state index in [-0.39, 0.29) is 5.91 Å². The molecule has 1 aromatic carbocycles. The van der Waals surface area contributed by atoms with Crippen LogP contribution in [0.4, 0.5) is 0 Å². The van der Waals surface area contributed by atoms with E-state index in [1.807, 2.05) is 43.3 Å². The van der Waals surface area contributed by atoms with Crippen LogP contribution in [0.2, 0.25) is 0 Å². The first-order valence-corrected chi connectivity index (χ1v) is 7.07. The highest BCUT2D eigenvalue weighted by atomic mass is 16.2. The van der Waals surface area contributed by atoms with Crippen molar-refractivity contribution in [2.75, 3.05) is 13.1 Å². The normalized spacial score (nSPS) is 9.50. The molecule has 0 saturated heterocycles. The molecule has 1 amide bonds. The van der Waals surface area contributed by atoms with Gasteiger partial charge in [-0.1, -0.05) is 36.1 Å². The summed E-state index contributed by atoms with van der Waals surface area (Å²) in [5.41, 5.74) is 2.45. The van der Waals surface area contributed by atoms with Crippen molar-refractivity contribution >= 4 is 5.91 Å². The molecular formula is C19H18N2O. The van der Waals surface area contributed by atoms with E-state index in [2.05, 4.69) is 23.4 Å². The zero-order valence-electron chi connectivity index (χ0n) is 12.6. The second-order valence-electron chi connectivity index (χ2n) is 4.83. The predicted octanol–water partition coefficient (Wildman–Crippen LogP) is 3.07. The average molecular weight is 290 g/mol. The van der Waals surface area contributed by atoms with E-state index < -0.39 is 0 Å². The van der Waals surface area contributed by atoms with E-state index in [0.717, 1.165) is 11.1 Å². The van der Waals surface area contributed by atoms with Crippen molar-refractivity contribution in [3.8, 4) is 11.8 Å². The van der Waals surface area contributed by atoms with Gasteiger partial charge in [0, 0.05) is 24.5 Å². The van der Waals surface area contributed by atoms with Gasteiger partial charge in [0.05, 0.1) is 12.1 Å². The molecule has 0 aliphatic rings. The molecule has 0 spiro atoms. The molecule has 0 aliphatic heterocycles. The fourth-order valence-corrected chi connectivity index (χ4v) is 1.99. The quantitative estimate of drug-likeness (QED) is 0.640. The molecule has 2 rings (SSSR count). The minimum Gasteiger partial charge on any atom is -0.324 e. The predicted molar refractivity (Wildman–Crippen MR) is 88.4 cm³/mol. The minimum atomic E-state index is -0.0761. The summed E-state index contributed by atoms with van der Waals surface area (Å²) in [6.45, 7) is 6.42. The smallest absolute Gasteiger partial charge is 0.256 e. The summed E-state index contributed by atoms with van der Waals surface area (Å²) >= 11 is 0. The fraction of sp³-hybridized carbons (Fsp3) is 0.158. The molecule has 0 N–H and O–H groups in total. The molecular weight excluding hydrogens is 272 g/mol. The van der Waals surface area contributed by atoms with Crippen molar-refractivity contribution in [1.29, 1.82) is 0 Å². The Balaban J connectivity index is 2.14. The molecule has 0 radical (unpaired) electrons. The average Bonchev–Trinajstić information content (AvgIpc) is 2.55. The zero-order valence-corrected chi connectivity index (χ0v) is 12.6. The summed E-state index contributed by atoms with van der Waals surface area (Å²) in [4.78, 5) is 18.3. The van der Waals surface area contributed by atoms with Crippen molar-refractivity contribution in [3.05, 3.63) is 78.1 Å². The molecule has 3 nitrogen and oxygen atoms in total. The van der Waals surface area contributed by atoms with Gasteiger partial charge in [0.1, 0.15) is 0 Å². The maximum absolute atomic E-state index is 12.6. The highest BCUT2D eigenvalue weighted by Gasteiger charge is 2.15. The molecule has 1 aromatic heterocycles. The molecule has 0 unspecified atom stereocenters. The molecule has 0 aliphatic carbocycles. The third-order valence-corrected chi connectivity index (χ3v) is 3.18. The lowest BCUT2D eigenvalue weighted by molar-refractivity contribution is 0.0792. The Bertz CT molecular complexity index is 711. The lowest BCUT2D eigenvalue weighted by Crippen LogP contribution is -2.32. The van der Waals surface area contributed by atoms with Crippen molar-refractivity contribution in [2.45, 2.75) is 6.92 Å². The Hall–Kier alpha value is -2.86. The second kappa shape index (κ2) is 7.80. The third kappa shape index (κ3) is 4.07. The zero-order chi connectivity index (χ0) is 15.8. The Morgan fingerprint density at radius 3 is 2.77 bits per heavy atom. The van der Waals surface area contributed by atoms with E-state index in [0.29, 0.717) is 18.7 Å². The van der Waals surface area contributed by atoms with Gasteiger partial charge in [-0.15, -0.1) is 6.58 Å². The number of benzene rings is 1. The summed E-state index contributed by atoms with van der Waals surface area (Å²) in [5, 5.41) is 0. The van der Waals surface area contributed by atoms with Crippen LogP contribution in [0.15, 0.2) is 61.4 Å². The summed E-state index contributed by atoms with van der Waals surface area (Å²) < 4.78 is 0. The van der Waals surface area contributed by atoms with Crippen molar-refractivity contribution < 1.29 is 4.79 Å². The highest BCUT2D eigenvalue weighted by Crippen LogP contribution is 2.09. The fourth-order valence-electron chi connectivity index (χ4n) is 1.99. The van der Waals surface area contributed by atoms with E-state index >= 15 is 0 Å². The second-order valence-corrected chi connectivity index (χ2v) is 4.83. The number of amides is 1. The van der Waals surface area contributed by atoms with E-state index in [1.54, 1.807) is 23.4 Å². The van der Waals surface area contributed by atoms with Crippen LogP contribution in [0.25, 0.3) is 0 Å². The Labute approximate surface area is 131 Å². The van der Waals surface area contributed by atoms with Gasteiger partial charge in [0.2, 0.25) is 0 Å². The number of hydrogen-bond donors (Lipinski definition) is 0. The first kappa shape index (κ1) is 15.5. The van der Waals surface area contributed by atoms with Crippen LogP contribution >= 0.6 is 0 Å². The van der Waals surface area contributed by atoms with E-state index in [1.165, 1.54) is 0 Å². The van der Waals surface area contributed by atoms with Crippen LogP contribution in [0.5, 0.6) is 0 Å². The van der Waals surface area contributed by atoms with Crippen LogP contribution in [0.1, 0.15) is 21.5 Å². The van der Waals surface area contributed by atoms with Crippen molar-refractivity contribution in [3.63, 3.8) is 0 Å². The third-order valence-electron chi connectivity index (χ3n) is 3.18. The molecule has 0 saturated carbocycles. The van der Waals surface area contributed by atoms with Crippen LogP contribution in [0, 0.1) is 18.8 Å². The molecule has 22 heavy (non-hydrogen) atoms. The van der Waals surface area contributed by atoms with Gasteiger partial charge < -0.3 is 4.90 Å². The van der Waals surface area contributed by atoms with E-state index in [4.69, 9.17) is 0 Å². The summed E-state index contributed by atoms with van der Waals surface area (Å²) in [6, 6.07) is 11.5. The molecule has 2 aromatic rings. The van der Waals surface area contributed by atoms with Crippen molar-refractivity contribution in [1.82, 2.24) is 9.88 Å². The lowest BCUT2D eigenvalue weighted by atomic mass is 10.1. The van der Waals surface area contributed by atoms with Gasteiger partial charge in [0.25, 0.3) is 5.91 Å². The van der Waals surface area contributed by atoms with Gasteiger partial charge in [0.15, 0.2) is 0 Å². The van der Waals surface area contributed by atoms with Gasteiger partial charge >= 0.3 is 0 Å². The van der Waals surface area contributed by atoms with Gasteiger partial charge in [-0.3, -0.25) is 9.78 Å². The molecule has 110 valence electrons. The van der Waals surface area contributed by atoms with Crippen LogP contribution in [-0.2, 0) is 0 Å². The Morgan fingerprint density at radius 2 is 2.09 bits per heavy atom. The summed E-state index contributed by atoms with van der Waals surface area (Å²) in [7, 11) is 0. The summed E-state index contributed by atoms with van der Waals surface area (Å²) in [5.74, 6) is 6.03. The monoisotopic (exact) mass is 290 g/mol. The SMILES string of the molecule is C=CCN(CC#Cc1ccccc1)C(=O)c1cnccc1C. The molecule has 0 atom stereocenters. The van der Waals surface area contributed by atoms with Gasteiger partial charge in [-0.25, -0.2) is 0 Å². The van der Waals surface area contributed by atoms with Gasteiger partial charge in [-0.05, 0) is 30.7 Å². The number of nitrogens with zero attached hydrogens (tertiary/aromatic N) is 2. The minimum absolute atomic E-state index is 0.0761. The first-order chi connectivity index (χ1) is 10.7. The Kier molecular flexibility index (Phi) is 5.50. The molecule has 1 heterocycles. The topological polar surface area (TPSA) is 33.2 Å². The number of aryl methyl sites for hydroxylation is 1. The van der Waals surface area contributed by atoms with Gasteiger partial charge in [-0.2, -0.15) is 0 Å². The van der Waals surface area contributed by atoms with Crippen LogP contribution in [0.3, 0.4) is 0 Å². The molecule has 3 heteroatoms. The van der Waals surface area contributed by atoms with Crippen molar-refractivity contribution in [2.24, 2.45) is 0 Å². The maximum atomic E-state index is 12.6. The first-order valence-electron chi connectivity index (χ1n) is 7.07. The van der Waals surface area contributed by atoms with Crippen LogP contribution in [-0.4, -0.2) is 28.9 Å². The van der Waals surface area contributed by atoms with Crippen LogP contribution < -0.4 is 0 Å². The maximum Gasteiger partial charge on any atom is 0.256 e. The molecule has 0 fully saturated rings. The summed E-state index contributed by atoms with van der Waals surface area (Å²) in [6.07, 6.45) is 4.98. The van der Waals surface area contributed by atoms with E-state index in [9.17, 15) is 4.79 Å². The number of aromatic nitrogens is 1. The number of hydrogen-bond acceptors (Lipinski definition) is 2. The number of pyridine rings is 1.